The van der Waals surface area contributed by atoms with Crippen LogP contribution in [0, 0.1) is 0 Å². The summed E-state index contributed by atoms with van der Waals surface area (Å²) in [5.74, 6) is 0.338. The lowest BCUT2D eigenvalue weighted by Crippen LogP contribution is -2.16. The monoisotopic (exact) mass is 256 g/mol. The van der Waals surface area contributed by atoms with Crippen LogP contribution in [0.5, 0.6) is 0 Å². The number of carbonyl (C=O) groups excluding carboxylic acids is 1. The Kier molecular flexibility index (Phi) is 4.44. The molecule has 2 N–H and O–H groups in total. The van der Waals surface area contributed by atoms with Crippen LogP contribution in [0.1, 0.15) is 23.7 Å². The van der Waals surface area contributed by atoms with E-state index in [9.17, 15) is 4.79 Å². The van der Waals surface area contributed by atoms with Crippen molar-refractivity contribution in [2.75, 3.05) is 17.2 Å². The van der Waals surface area contributed by atoms with Crippen molar-refractivity contribution in [1.29, 1.82) is 0 Å². The predicted molar refractivity (Wildman–Crippen MR) is 75.2 cm³/mol. The molecule has 0 unspecified atom stereocenters. The molecule has 0 aliphatic heterocycles. The highest BCUT2D eigenvalue weighted by molar-refractivity contribution is 6.07. The van der Waals surface area contributed by atoms with Crippen molar-refractivity contribution in [3.8, 4) is 0 Å². The number of nitrogens with zero attached hydrogens (tertiary/aromatic N) is 2. The van der Waals surface area contributed by atoms with E-state index >= 15 is 0 Å². The summed E-state index contributed by atoms with van der Waals surface area (Å²) in [6.45, 7) is 2.87. The van der Waals surface area contributed by atoms with Gasteiger partial charge in [-0.05, 0) is 24.6 Å². The smallest absolute Gasteiger partial charge is 0.259 e. The Bertz CT molecular complexity index is 542. The summed E-state index contributed by atoms with van der Waals surface area (Å²) in [4.78, 5) is 20.3. The summed E-state index contributed by atoms with van der Waals surface area (Å²) in [6.07, 6.45) is 5.88. The third kappa shape index (κ3) is 3.51. The molecule has 0 saturated heterocycles. The summed E-state index contributed by atoms with van der Waals surface area (Å²) in [6, 6.07) is 7.07. The lowest BCUT2D eigenvalue weighted by atomic mass is 10.2. The van der Waals surface area contributed by atoms with Crippen LogP contribution in [-0.4, -0.2) is 22.4 Å². The maximum atomic E-state index is 12.2. The second-order valence-electron chi connectivity index (χ2n) is 4.02. The van der Waals surface area contributed by atoms with E-state index in [-0.39, 0.29) is 5.91 Å². The molecule has 0 spiro atoms. The van der Waals surface area contributed by atoms with Crippen LogP contribution in [0.15, 0.2) is 42.9 Å². The van der Waals surface area contributed by atoms with Crippen molar-refractivity contribution < 1.29 is 4.79 Å². The molecule has 19 heavy (non-hydrogen) atoms. The van der Waals surface area contributed by atoms with E-state index in [1.54, 1.807) is 36.8 Å². The van der Waals surface area contributed by atoms with Crippen LogP contribution >= 0.6 is 0 Å². The highest BCUT2D eigenvalue weighted by Crippen LogP contribution is 2.15. The first-order valence-electron chi connectivity index (χ1n) is 6.21. The minimum Gasteiger partial charge on any atom is -0.383 e. The molecule has 98 valence electrons. The summed E-state index contributed by atoms with van der Waals surface area (Å²) < 4.78 is 0. The Labute approximate surface area is 112 Å². The van der Waals surface area contributed by atoms with E-state index in [2.05, 4.69) is 27.5 Å². The standard InChI is InChI=1S/C14H16N4O/c1-2-7-16-12-10-15-9-6-11(12)14(19)18-13-5-3-4-8-17-13/h3-6,8-10,16H,2,7H2,1H3,(H,17,18,19). The van der Waals surface area contributed by atoms with Gasteiger partial charge in [0.2, 0.25) is 0 Å². The normalized spacial score (nSPS) is 9.95. The molecule has 2 heterocycles. The summed E-state index contributed by atoms with van der Waals surface area (Å²) in [5, 5.41) is 5.94. The molecule has 0 aliphatic rings. The Morgan fingerprint density at radius 2 is 2.16 bits per heavy atom. The van der Waals surface area contributed by atoms with Gasteiger partial charge in [-0.1, -0.05) is 13.0 Å². The van der Waals surface area contributed by atoms with Gasteiger partial charge in [0, 0.05) is 18.9 Å². The van der Waals surface area contributed by atoms with Crippen molar-refractivity contribution >= 4 is 17.4 Å². The van der Waals surface area contributed by atoms with Crippen LogP contribution < -0.4 is 10.6 Å². The molecule has 5 nitrogen and oxygen atoms in total. The number of aromatic nitrogens is 2. The fourth-order valence-corrected chi connectivity index (χ4v) is 1.61. The molecular weight excluding hydrogens is 240 g/mol. The van der Waals surface area contributed by atoms with Gasteiger partial charge >= 0.3 is 0 Å². The first kappa shape index (κ1) is 13.0. The zero-order chi connectivity index (χ0) is 13.5. The summed E-state index contributed by atoms with van der Waals surface area (Å²) in [7, 11) is 0. The van der Waals surface area contributed by atoms with Crippen LogP contribution in [-0.2, 0) is 0 Å². The topological polar surface area (TPSA) is 66.9 Å². The third-order valence-electron chi connectivity index (χ3n) is 2.54. The maximum absolute atomic E-state index is 12.2. The van der Waals surface area contributed by atoms with Crippen molar-refractivity contribution in [2.45, 2.75) is 13.3 Å². The number of rotatable bonds is 5. The minimum atomic E-state index is -0.195. The number of nitrogens with one attached hydrogen (secondary N) is 2. The molecule has 2 aromatic heterocycles. The summed E-state index contributed by atoms with van der Waals surface area (Å²) >= 11 is 0. The van der Waals surface area contributed by atoms with Gasteiger partial charge in [0.1, 0.15) is 5.82 Å². The quantitative estimate of drug-likeness (QED) is 0.862. The first-order valence-corrected chi connectivity index (χ1v) is 6.21. The molecule has 0 saturated carbocycles. The molecule has 5 heteroatoms. The molecule has 0 aromatic carbocycles. The van der Waals surface area contributed by atoms with Gasteiger partial charge in [-0.15, -0.1) is 0 Å². The Balaban J connectivity index is 2.14. The van der Waals surface area contributed by atoms with Crippen molar-refractivity contribution in [3.63, 3.8) is 0 Å². The highest BCUT2D eigenvalue weighted by Gasteiger charge is 2.11. The average Bonchev–Trinajstić information content (AvgIpc) is 2.46. The fraction of sp³-hybridized carbons (Fsp3) is 0.214. The first-order chi connectivity index (χ1) is 9.31. The van der Waals surface area contributed by atoms with Crippen LogP contribution in [0.3, 0.4) is 0 Å². The van der Waals surface area contributed by atoms with E-state index in [1.807, 2.05) is 6.07 Å². The van der Waals surface area contributed by atoms with E-state index < -0.39 is 0 Å². The molecule has 0 aliphatic carbocycles. The van der Waals surface area contributed by atoms with Gasteiger partial charge in [0.15, 0.2) is 0 Å². The molecule has 0 fully saturated rings. The summed E-state index contributed by atoms with van der Waals surface area (Å²) in [5.41, 5.74) is 1.30. The zero-order valence-electron chi connectivity index (χ0n) is 10.8. The number of carbonyl (C=O) groups is 1. The Morgan fingerprint density at radius 3 is 2.89 bits per heavy atom. The Hall–Kier alpha value is -2.43. The van der Waals surface area contributed by atoms with Crippen molar-refractivity contribution in [2.24, 2.45) is 0 Å². The predicted octanol–water partition coefficient (Wildman–Crippen LogP) is 2.55. The second kappa shape index (κ2) is 6.49. The van der Waals surface area contributed by atoms with E-state index in [4.69, 9.17) is 0 Å². The van der Waals surface area contributed by atoms with E-state index in [0.717, 1.165) is 18.7 Å². The SMILES string of the molecule is CCCNc1cnccc1C(=O)Nc1ccccn1. The molecule has 0 atom stereocenters. The second-order valence-corrected chi connectivity index (χ2v) is 4.02. The van der Waals surface area contributed by atoms with Gasteiger partial charge in [0.05, 0.1) is 17.4 Å². The highest BCUT2D eigenvalue weighted by atomic mass is 16.1. The third-order valence-corrected chi connectivity index (χ3v) is 2.54. The molecule has 2 aromatic rings. The molecule has 2 rings (SSSR count). The van der Waals surface area contributed by atoms with Gasteiger partial charge in [-0.3, -0.25) is 9.78 Å². The van der Waals surface area contributed by atoms with Crippen molar-refractivity contribution in [3.05, 3.63) is 48.4 Å². The van der Waals surface area contributed by atoms with Gasteiger partial charge in [-0.25, -0.2) is 4.98 Å². The molecule has 0 bridgehead atoms. The molecule has 1 amide bonds. The number of hydrogen-bond acceptors (Lipinski definition) is 4. The minimum absolute atomic E-state index is 0.195. The Morgan fingerprint density at radius 1 is 1.26 bits per heavy atom. The van der Waals surface area contributed by atoms with Gasteiger partial charge in [-0.2, -0.15) is 0 Å². The van der Waals surface area contributed by atoms with Crippen LogP contribution in [0.25, 0.3) is 0 Å². The largest absolute Gasteiger partial charge is 0.383 e. The lowest BCUT2D eigenvalue weighted by molar-refractivity contribution is 0.102. The number of amides is 1. The van der Waals surface area contributed by atoms with Crippen LogP contribution in [0.2, 0.25) is 0 Å². The van der Waals surface area contributed by atoms with E-state index in [0.29, 0.717) is 11.4 Å². The number of hydrogen-bond donors (Lipinski definition) is 2. The number of anilines is 2. The van der Waals surface area contributed by atoms with Crippen molar-refractivity contribution in [1.82, 2.24) is 9.97 Å². The zero-order valence-corrected chi connectivity index (χ0v) is 10.8. The van der Waals surface area contributed by atoms with E-state index in [1.165, 1.54) is 0 Å². The average molecular weight is 256 g/mol. The fourth-order valence-electron chi connectivity index (χ4n) is 1.61. The van der Waals surface area contributed by atoms with Gasteiger partial charge < -0.3 is 10.6 Å². The van der Waals surface area contributed by atoms with Gasteiger partial charge in [0.25, 0.3) is 5.91 Å². The number of pyridine rings is 2. The molecule has 0 radical (unpaired) electrons. The maximum Gasteiger partial charge on any atom is 0.259 e. The molecular formula is C14H16N4O. The lowest BCUT2D eigenvalue weighted by Gasteiger charge is -2.10. The van der Waals surface area contributed by atoms with Crippen LogP contribution in [0.4, 0.5) is 11.5 Å².